The number of piperidine rings is 1. The number of likely N-dealkylation sites (tertiary alicyclic amines) is 1. The molecule has 0 spiro atoms. The molecule has 1 fully saturated rings. The second-order valence-corrected chi connectivity index (χ2v) is 5.99. The molecule has 0 saturated carbocycles. The maximum Gasteiger partial charge on any atom is 0.263 e. The van der Waals surface area contributed by atoms with Gasteiger partial charge in [0.05, 0.1) is 6.20 Å². The summed E-state index contributed by atoms with van der Waals surface area (Å²) in [7, 11) is 0. The number of amides is 1. The van der Waals surface area contributed by atoms with E-state index in [9.17, 15) is 13.6 Å². The minimum Gasteiger partial charge on any atom is -0.481 e. The molecule has 128 valence electrons. The molecule has 0 aliphatic carbocycles. The van der Waals surface area contributed by atoms with Crippen LogP contribution in [0.1, 0.15) is 31.2 Å². The first kappa shape index (κ1) is 16.4. The molecule has 5 nitrogen and oxygen atoms in total. The number of nitrogens with one attached hydrogen (secondary N) is 1. The molecule has 2 heterocycles. The van der Waals surface area contributed by atoms with Crippen molar-refractivity contribution in [3.63, 3.8) is 0 Å². The van der Waals surface area contributed by atoms with Crippen molar-refractivity contribution >= 4 is 5.91 Å². The van der Waals surface area contributed by atoms with Crippen molar-refractivity contribution in [1.29, 1.82) is 0 Å². The van der Waals surface area contributed by atoms with E-state index in [-0.39, 0.29) is 17.6 Å². The Kier molecular flexibility index (Phi) is 4.78. The normalized spacial score (nSPS) is 19.1. The molecule has 2 atom stereocenters. The summed E-state index contributed by atoms with van der Waals surface area (Å²) in [6.45, 7) is 2.88. The average molecular weight is 335 g/mol. The number of aromatic amines is 1. The van der Waals surface area contributed by atoms with Gasteiger partial charge in [-0.15, -0.1) is 0 Å². The summed E-state index contributed by atoms with van der Waals surface area (Å²) >= 11 is 0. The summed E-state index contributed by atoms with van der Waals surface area (Å²) in [5, 5.41) is 6.75. The number of hydrogen-bond donors (Lipinski definition) is 1. The number of carbonyl (C=O) groups is 1. The summed E-state index contributed by atoms with van der Waals surface area (Å²) in [6.07, 6.45) is 4.76. The van der Waals surface area contributed by atoms with E-state index >= 15 is 0 Å². The number of carbonyl (C=O) groups excluding carboxylic acids is 1. The highest BCUT2D eigenvalue weighted by molar-refractivity contribution is 5.81. The second-order valence-electron chi connectivity index (χ2n) is 5.99. The number of hydrogen-bond acceptors (Lipinski definition) is 3. The number of aromatic nitrogens is 2. The van der Waals surface area contributed by atoms with Crippen LogP contribution in [0.3, 0.4) is 0 Å². The second kappa shape index (κ2) is 6.98. The van der Waals surface area contributed by atoms with Crippen LogP contribution >= 0.6 is 0 Å². The first-order valence-corrected chi connectivity index (χ1v) is 7.94. The molecule has 2 aromatic rings. The molecule has 7 heteroatoms. The molecule has 1 saturated heterocycles. The highest BCUT2D eigenvalue weighted by atomic mass is 19.2. The van der Waals surface area contributed by atoms with Gasteiger partial charge in [0, 0.05) is 31.3 Å². The summed E-state index contributed by atoms with van der Waals surface area (Å²) in [6, 6.07) is 3.24. The first-order valence-electron chi connectivity index (χ1n) is 7.94. The van der Waals surface area contributed by atoms with Crippen LogP contribution in [0, 0.1) is 11.6 Å². The molecule has 1 aliphatic heterocycles. The number of benzene rings is 1. The van der Waals surface area contributed by atoms with E-state index in [2.05, 4.69) is 10.2 Å². The van der Waals surface area contributed by atoms with E-state index in [1.165, 1.54) is 6.07 Å². The van der Waals surface area contributed by atoms with Gasteiger partial charge in [0.15, 0.2) is 17.7 Å². The van der Waals surface area contributed by atoms with Gasteiger partial charge in [-0.1, -0.05) is 0 Å². The molecular weight excluding hydrogens is 316 g/mol. The largest absolute Gasteiger partial charge is 0.481 e. The Bertz CT molecular complexity index is 706. The smallest absolute Gasteiger partial charge is 0.263 e. The SMILES string of the molecule is C[C@H](Oc1ccc(F)c(F)c1)C(=O)N1CCC[C@@H](c2cn[nH]c2)C1. The first-order chi connectivity index (χ1) is 11.5. The Morgan fingerprint density at radius 3 is 2.96 bits per heavy atom. The lowest BCUT2D eigenvalue weighted by Crippen LogP contribution is -2.45. The van der Waals surface area contributed by atoms with E-state index in [0.29, 0.717) is 13.1 Å². The number of nitrogens with zero attached hydrogens (tertiary/aromatic N) is 2. The van der Waals surface area contributed by atoms with E-state index in [1.807, 2.05) is 6.20 Å². The molecule has 1 aromatic heterocycles. The number of ether oxygens (including phenoxy) is 1. The molecular formula is C17H19F2N3O2. The molecule has 1 aliphatic rings. The minimum absolute atomic E-state index is 0.137. The quantitative estimate of drug-likeness (QED) is 0.935. The monoisotopic (exact) mass is 335 g/mol. The zero-order valence-electron chi connectivity index (χ0n) is 13.3. The fourth-order valence-electron chi connectivity index (χ4n) is 3.00. The third kappa shape index (κ3) is 3.55. The van der Waals surface area contributed by atoms with Gasteiger partial charge in [0.25, 0.3) is 5.91 Å². The maximum atomic E-state index is 13.2. The van der Waals surface area contributed by atoms with Gasteiger partial charge >= 0.3 is 0 Å². The minimum atomic E-state index is -0.995. The molecule has 0 radical (unpaired) electrons. The van der Waals surface area contributed by atoms with Crippen molar-refractivity contribution < 1.29 is 18.3 Å². The lowest BCUT2D eigenvalue weighted by atomic mass is 9.92. The fraction of sp³-hybridized carbons (Fsp3) is 0.412. The fourth-order valence-corrected chi connectivity index (χ4v) is 3.00. The van der Waals surface area contributed by atoms with Crippen LogP contribution in [-0.4, -0.2) is 40.2 Å². The predicted molar refractivity (Wildman–Crippen MR) is 83.6 cm³/mol. The Morgan fingerprint density at radius 1 is 1.42 bits per heavy atom. The van der Waals surface area contributed by atoms with Crippen LogP contribution in [0.5, 0.6) is 5.75 Å². The summed E-state index contributed by atoms with van der Waals surface area (Å²) in [5.41, 5.74) is 1.08. The van der Waals surface area contributed by atoms with Gasteiger partial charge in [-0.3, -0.25) is 9.89 Å². The molecule has 1 amide bonds. The Balaban J connectivity index is 1.63. The van der Waals surface area contributed by atoms with Crippen LogP contribution < -0.4 is 4.74 Å². The van der Waals surface area contributed by atoms with Gasteiger partial charge < -0.3 is 9.64 Å². The molecule has 0 bridgehead atoms. The summed E-state index contributed by atoms with van der Waals surface area (Å²) < 4.78 is 31.7. The van der Waals surface area contributed by atoms with Crippen molar-refractivity contribution in [3.05, 3.63) is 47.8 Å². The van der Waals surface area contributed by atoms with Gasteiger partial charge in [-0.25, -0.2) is 8.78 Å². The highest BCUT2D eigenvalue weighted by Crippen LogP contribution is 2.27. The predicted octanol–water partition coefficient (Wildman–Crippen LogP) is 2.86. The average Bonchev–Trinajstić information content (AvgIpc) is 3.12. The highest BCUT2D eigenvalue weighted by Gasteiger charge is 2.29. The molecule has 1 aromatic carbocycles. The van der Waals surface area contributed by atoms with Crippen molar-refractivity contribution in [3.8, 4) is 5.75 Å². The topological polar surface area (TPSA) is 58.2 Å². The summed E-state index contributed by atoms with van der Waals surface area (Å²) in [4.78, 5) is 14.3. The van der Waals surface area contributed by atoms with Crippen LogP contribution in [-0.2, 0) is 4.79 Å². The van der Waals surface area contributed by atoms with Gasteiger partial charge in [0.1, 0.15) is 5.75 Å². The van der Waals surface area contributed by atoms with Crippen LogP contribution in [0.2, 0.25) is 0 Å². The lowest BCUT2D eigenvalue weighted by molar-refractivity contribution is -0.139. The van der Waals surface area contributed by atoms with Crippen LogP contribution in [0.4, 0.5) is 8.78 Å². The van der Waals surface area contributed by atoms with Crippen molar-refractivity contribution in [1.82, 2.24) is 15.1 Å². The zero-order valence-corrected chi connectivity index (χ0v) is 13.3. The molecule has 3 rings (SSSR count). The van der Waals surface area contributed by atoms with Gasteiger partial charge in [-0.05, 0) is 37.5 Å². The van der Waals surface area contributed by atoms with E-state index in [1.54, 1.807) is 18.0 Å². The number of H-pyrrole nitrogens is 1. The van der Waals surface area contributed by atoms with Gasteiger partial charge in [-0.2, -0.15) is 5.10 Å². The molecule has 0 unspecified atom stereocenters. The van der Waals surface area contributed by atoms with Crippen molar-refractivity contribution in [2.24, 2.45) is 0 Å². The third-order valence-corrected chi connectivity index (χ3v) is 4.28. The Hall–Kier alpha value is -2.44. The Morgan fingerprint density at radius 2 is 2.25 bits per heavy atom. The number of halogens is 2. The number of rotatable bonds is 4. The Labute approximate surface area is 138 Å². The zero-order chi connectivity index (χ0) is 17.1. The maximum absolute atomic E-state index is 13.2. The summed E-state index contributed by atoms with van der Waals surface area (Å²) in [5.74, 6) is -1.71. The van der Waals surface area contributed by atoms with E-state index < -0.39 is 17.7 Å². The van der Waals surface area contributed by atoms with Crippen LogP contribution in [0.15, 0.2) is 30.6 Å². The van der Waals surface area contributed by atoms with E-state index in [0.717, 1.165) is 30.5 Å². The molecule has 1 N–H and O–H groups in total. The standard InChI is InChI=1S/C17H19F2N3O2/c1-11(24-14-4-5-15(18)16(19)7-14)17(23)22-6-2-3-12(10-22)13-8-20-21-9-13/h4-5,7-9,11-12H,2-3,6,10H2,1H3,(H,20,21)/t11-,12+/m0/s1. The van der Waals surface area contributed by atoms with Crippen molar-refractivity contribution in [2.75, 3.05) is 13.1 Å². The van der Waals surface area contributed by atoms with E-state index in [4.69, 9.17) is 4.74 Å². The van der Waals surface area contributed by atoms with Crippen molar-refractivity contribution in [2.45, 2.75) is 31.8 Å². The van der Waals surface area contributed by atoms with Gasteiger partial charge in [0.2, 0.25) is 0 Å². The lowest BCUT2D eigenvalue weighted by Gasteiger charge is -2.34. The van der Waals surface area contributed by atoms with Crippen LogP contribution in [0.25, 0.3) is 0 Å². The molecule has 24 heavy (non-hydrogen) atoms. The third-order valence-electron chi connectivity index (χ3n) is 4.28.